The molecule has 0 radical (unpaired) electrons. The molecule has 1 saturated carbocycles. The molecule has 6 heteroatoms. The van der Waals surface area contributed by atoms with Gasteiger partial charge in [-0.05, 0) is 86.9 Å². The Morgan fingerprint density at radius 2 is 2.00 bits per heavy atom. The first-order chi connectivity index (χ1) is 15.7. The molecule has 2 N–H and O–H groups in total. The van der Waals surface area contributed by atoms with Crippen LogP contribution in [0.1, 0.15) is 71.4 Å². The number of imidazole rings is 1. The van der Waals surface area contributed by atoms with Crippen molar-refractivity contribution in [3.8, 4) is 5.75 Å². The van der Waals surface area contributed by atoms with Crippen LogP contribution in [0.15, 0.2) is 42.5 Å². The summed E-state index contributed by atoms with van der Waals surface area (Å²) in [6.07, 6.45) is 5.45. The summed E-state index contributed by atoms with van der Waals surface area (Å²) in [5, 5.41) is 12.6. The number of nitrogens with zero attached hydrogens (tertiary/aromatic N) is 2. The Morgan fingerprint density at radius 3 is 2.67 bits per heavy atom. The number of ether oxygens (including phenoxy) is 1. The number of hydrogen-bond donors (Lipinski definition) is 2. The van der Waals surface area contributed by atoms with E-state index in [0.29, 0.717) is 17.9 Å². The second-order valence-corrected chi connectivity index (χ2v) is 10.3. The first kappa shape index (κ1) is 23.1. The summed E-state index contributed by atoms with van der Waals surface area (Å²) in [6, 6.07) is 14.5. The van der Waals surface area contributed by atoms with E-state index in [0.717, 1.165) is 46.8 Å². The molecule has 1 heterocycles. The van der Waals surface area contributed by atoms with Crippen LogP contribution in [-0.2, 0) is 11.2 Å². The number of rotatable bonds is 8. The van der Waals surface area contributed by atoms with Gasteiger partial charge in [0.2, 0.25) is 5.95 Å². The average Bonchev–Trinajstić information content (AvgIpc) is 3.09. The fourth-order valence-electron chi connectivity index (χ4n) is 4.91. The largest absolute Gasteiger partial charge is 0.491 e. The summed E-state index contributed by atoms with van der Waals surface area (Å²) < 4.78 is 8.13. The molecule has 4 rings (SSSR count). The smallest absolute Gasteiger partial charge is 0.303 e. The molecule has 1 aliphatic carbocycles. The summed E-state index contributed by atoms with van der Waals surface area (Å²) in [5.41, 5.74) is 4.26. The highest BCUT2D eigenvalue weighted by Crippen LogP contribution is 2.43. The molecule has 0 spiro atoms. The molecular weight excluding hydrogens is 414 g/mol. The lowest BCUT2D eigenvalue weighted by Crippen LogP contribution is -2.25. The Kier molecular flexibility index (Phi) is 6.63. The second kappa shape index (κ2) is 9.46. The number of carboxylic acid groups (broad SMARTS) is 1. The molecule has 33 heavy (non-hydrogen) atoms. The topological polar surface area (TPSA) is 76.4 Å². The monoisotopic (exact) mass is 449 g/mol. The quantitative estimate of drug-likeness (QED) is 0.399. The fourth-order valence-corrected chi connectivity index (χ4v) is 4.91. The summed E-state index contributed by atoms with van der Waals surface area (Å²) in [5.74, 6) is 0.902. The van der Waals surface area contributed by atoms with E-state index < -0.39 is 5.97 Å². The molecule has 1 unspecified atom stereocenters. The summed E-state index contributed by atoms with van der Waals surface area (Å²) >= 11 is 0. The highest BCUT2D eigenvalue weighted by molar-refractivity contribution is 5.81. The lowest BCUT2D eigenvalue weighted by molar-refractivity contribution is -0.136. The molecule has 1 aliphatic rings. The third kappa shape index (κ3) is 5.67. The van der Waals surface area contributed by atoms with Gasteiger partial charge >= 0.3 is 5.97 Å². The van der Waals surface area contributed by atoms with Crippen molar-refractivity contribution in [2.75, 3.05) is 5.32 Å². The van der Waals surface area contributed by atoms with Gasteiger partial charge in [-0.1, -0.05) is 26.3 Å². The first-order valence-corrected chi connectivity index (χ1v) is 12.0. The van der Waals surface area contributed by atoms with Gasteiger partial charge in [0.25, 0.3) is 0 Å². The van der Waals surface area contributed by atoms with Gasteiger partial charge in [0.05, 0.1) is 17.1 Å². The van der Waals surface area contributed by atoms with Crippen molar-refractivity contribution in [1.29, 1.82) is 0 Å². The Morgan fingerprint density at radius 1 is 1.24 bits per heavy atom. The zero-order valence-corrected chi connectivity index (χ0v) is 20.1. The van der Waals surface area contributed by atoms with Crippen molar-refractivity contribution in [2.24, 2.45) is 5.41 Å². The molecule has 2 aromatic carbocycles. The van der Waals surface area contributed by atoms with Crippen LogP contribution >= 0.6 is 0 Å². The molecule has 0 amide bonds. The molecule has 1 fully saturated rings. The van der Waals surface area contributed by atoms with Crippen molar-refractivity contribution in [2.45, 2.75) is 78.4 Å². The molecular formula is C27H35N3O3. The van der Waals surface area contributed by atoms with Gasteiger partial charge in [0, 0.05) is 18.2 Å². The molecule has 0 bridgehead atoms. The number of benzene rings is 2. The number of carboxylic acids is 1. The molecule has 3 aromatic rings. The maximum atomic E-state index is 11.0. The van der Waals surface area contributed by atoms with E-state index in [4.69, 9.17) is 14.8 Å². The standard InChI is InChI=1S/C27H35N3O3/c1-18(2)33-22-11-9-20(10-12-22)28-26-29-23-16-19(8-14-25(31)32)7-13-24(23)30(26)21-6-5-15-27(3,4)17-21/h7,9-13,16,18,21H,5-6,8,14-15,17H2,1-4H3,(H,28,29)(H,31,32). The normalized spacial score (nSPS) is 17.9. The summed E-state index contributed by atoms with van der Waals surface area (Å²) in [4.78, 5) is 16.0. The Bertz CT molecular complexity index is 1120. The van der Waals surface area contributed by atoms with Crippen molar-refractivity contribution < 1.29 is 14.6 Å². The summed E-state index contributed by atoms with van der Waals surface area (Å²) in [6.45, 7) is 8.74. The predicted octanol–water partition coefficient (Wildman–Crippen LogP) is 6.73. The average molecular weight is 450 g/mol. The molecule has 1 atom stereocenters. The minimum absolute atomic E-state index is 0.124. The van der Waals surface area contributed by atoms with Gasteiger partial charge in [-0.25, -0.2) is 4.98 Å². The molecule has 0 saturated heterocycles. The van der Waals surface area contributed by atoms with E-state index in [1.54, 1.807) is 0 Å². The minimum atomic E-state index is -0.780. The number of carbonyl (C=O) groups is 1. The van der Waals surface area contributed by atoms with E-state index in [1.165, 1.54) is 12.8 Å². The number of hydrogen-bond acceptors (Lipinski definition) is 4. The lowest BCUT2D eigenvalue weighted by atomic mass is 9.75. The second-order valence-electron chi connectivity index (χ2n) is 10.3. The molecule has 1 aromatic heterocycles. The van der Waals surface area contributed by atoms with Crippen LogP contribution in [0.5, 0.6) is 5.75 Å². The third-order valence-electron chi connectivity index (χ3n) is 6.41. The predicted molar refractivity (Wildman–Crippen MR) is 132 cm³/mol. The van der Waals surface area contributed by atoms with Crippen LogP contribution in [0, 0.1) is 5.41 Å². The number of aromatic nitrogens is 2. The molecule has 176 valence electrons. The van der Waals surface area contributed by atoms with Crippen molar-refractivity contribution in [1.82, 2.24) is 9.55 Å². The number of anilines is 2. The highest BCUT2D eigenvalue weighted by Gasteiger charge is 2.31. The number of nitrogens with one attached hydrogen (secondary N) is 1. The Hall–Kier alpha value is -3.02. The van der Waals surface area contributed by atoms with Crippen LogP contribution < -0.4 is 10.1 Å². The fraction of sp³-hybridized carbons (Fsp3) is 0.481. The van der Waals surface area contributed by atoms with E-state index in [1.807, 2.05) is 50.2 Å². The molecule has 6 nitrogen and oxygen atoms in total. The van der Waals surface area contributed by atoms with Crippen LogP contribution in [0.4, 0.5) is 11.6 Å². The maximum absolute atomic E-state index is 11.0. The number of aryl methyl sites for hydroxylation is 1. The van der Waals surface area contributed by atoms with Crippen LogP contribution in [0.2, 0.25) is 0 Å². The van der Waals surface area contributed by atoms with Crippen LogP contribution in [0.3, 0.4) is 0 Å². The minimum Gasteiger partial charge on any atom is -0.491 e. The van der Waals surface area contributed by atoms with Gasteiger partial charge in [0.1, 0.15) is 5.75 Å². The Labute approximate surface area is 196 Å². The van der Waals surface area contributed by atoms with E-state index in [2.05, 4.69) is 29.8 Å². The first-order valence-electron chi connectivity index (χ1n) is 12.0. The summed E-state index contributed by atoms with van der Waals surface area (Å²) in [7, 11) is 0. The van der Waals surface area contributed by atoms with Gasteiger partial charge in [0.15, 0.2) is 0 Å². The van der Waals surface area contributed by atoms with E-state index in [9.17, 15) is 4.79 Å². The van der Waals surface area contributed by atoms with E-state index >= 15 is 0 Å². The van der Waals surface area contributed by atoms with Crippen molar-refractivity contribution in [3.05, 3.63) is 48.0 Å². The van der Waals surface area contributed by atoms with Gasteiger partial charge < -0.3 is 19.7 Å². The van der Waals surface area contributed by atoms with Crippen molar-refractivity contribution in [3.63, 3.8) is 0 Å². The SMILES string of the molecule is CC(C)Oc1ccc(Nc2nc3cc(CCC(=O)O)ccc3n2C2CCCC(C)(C)C2)cc1. The van der Waals surface area contributed by atoms with Gasteiger partial charge in [-0.15, -0.1) is 0 Å². The van der Waals surface area contributed by atoms with Crippen LogP contribution in [-0.4, -0.2) is 26.7 Å². The number of fused-ring (bicyclic) bond motifs is 1. The van der Waals surface area contributed by atoms with E-state index in [-0.39, 0.29) is 12.5 Å². The maximum Gasteiger partial charge on any atom is 0.303 e. The number of aliphatic carboxylic acids is 1. The zero-order chi connectivity index (χ0) is 23.6. The van der Waals surface area contributed by atoms with Gasteiger partial charge in [-0.3, -0.25) is 4.79 Å². The molecule has 0 aliphatic heterocycles. The Balaban J connectivity index is 1.69. The third-order valence-corrected chi connectivity index (χ3v) is 6.41. The van der Waals surface area contributed by atoms with Crippen LogP contribution in [0.25, 0.3) is 11.0 Å². The zero-order valence-electron chi connectivity index (χ0n) is 20.1. The lowest BCUT2D eigenvalue weighted by Gasteiger charge is -2.36. The van der Waals surface area contributed by atoms with Crippen molar-refractivity contribution >= 4 is 28.6 Å². The van der Waals surface area contributed by atoms with Gasteiger partial charge in [-0.2, -0.15) is 0 Å². The highest BCUT2D eigenvalue weighted by atomic mass is 16.5.